The summed E-state index contributed by atoms with van der Waals surface area (Å²) in [5.74, 6) is 0.675. The second kappa shape index (κ2) is 6.94. The van der Waals surface area contributed by atoms with Crippen LogP contribution in [0.15, 0.2) is 24.3 Å². The molecular weight excluding hydrogens is 264 g/mol. The van der Waals surface area contributed by atoms with E-state index in [1.807, 2.05) is 65.8 Å². The minimum atomic E-state index is -0.532. The molecule has 1 aromatic carbocycles. The molecule has 0 saturated heterocycles. The fraction of sp³-hybridized carbons (Fsp3) is 0.588. The number of carbonyl (C=O) groups excluding carboxylic acids is 1. The van der Waals surface area contributed by atoms with Crippen molar-refractivity contribution in [3.63, 3.8) is 0 Å². The summed E-state index contributed by atoms with van der Waals surface area (Å²) in [6.45, 7) is 11.8. The van der Waals surface area contributed by atoms with Crippen LogP contribution in [0.2, 0.25) is 0 Å². The lowest BCUT2D eigenvalue weighted by Gasteiger charge is -2.27. The summed E-state index contributed by atoms with van der Waals surface area (Å²) < 4.78 is 5.67. The summed E-state index contributed by atoms with van der Waals surface area (Å²) in [7, 11) is 0. The Kier molecular flexibility index (Phi) is 5.78. The zero-order chi connectivity index (χ0) is 16.2. The molecule has 3 N–H and O–H groups in total. The van der Waals surface area contributed by atoms with Crippen LogP contribution >= 0.6 is 0 Å². The third kappa shape index (κ3) is 5.38. The molecule has 0 fully saturated rings. The van der Waals surface area contributed by atoms with Gasteiger partial charge in [0.05, 0.1) is 18.2 Å². The van der Waals surface area contributed by atoms with E-state index in [1.165, 1.54) is 0 Å². The van der Waals surface area contributed by atoms with Gasteiger partial charge in [0, 0.05) is 0 Å². The molecule has 0 aliphatic carbocycles. The highest BCUT2D eigenvalue weighted by atomic mass is 16.5. The Morgan fingerprint density at radius 2 is 1.86 bits per heavy atom. The minimum absolute atomic E-state index is 0.110. The van der Waals surface area contributed by atoms with Crippen LogP contribution < -0.4 is 15.8 Å². The Bertz CT molecular complexity index is 478. The molecule has 2 unspecified atom stereocenters. The van der Waals surface area contributed by atoms with Crippen molar-refractivity contribution in [1.29, 1.82) is 0 Å². The third-order valence-electron chi connectivity index (χ3n) is 3.30. The van der Waals surface area contributed by atoms with Gasteiger partial charge in [-0.1, -0.05) is 32.9 Å². The van der Waals surface area contributed by atoms with Crippen molar-refractivity contribution in [2.45, 2.75) is 59.7 Å². The molecule has 0 spiro atoms. The summed E-state index contributed by atoms with van der Waals surface area (Å²) in [6, 6.07) is 7.13. The zero-order valence-corrected chi connectivity index (χ0v) is 13.9. The standard InChI is InChI=1S/C17H28N2O2/c1-11(2)21-14-9-7-8-13(10-14)12(3)19-16(20)15(18)17(4,5)6/h7-12,15H,18H2,1-6H3,(H,19,20). The molecule has 0 radical (unpaired) electrons. The summed E-state index contributed by atoms with van der Waals surface area (Å²) in [6.07, 6.45) is 0.125. The Labute approximate surface area is 128 Å². The molecule has 0 bridgehead atoms. The first kappa shape index (κ1) is 17.5. The van der Waals surface area contributed by atoms with Crippen LogP contribution in [-0.4, -0.2) is 18.1 Å². The Balaban J connectivity index is 2.76. The van der Waals surface area contributed by atoms with Crippen LogP contribution in [0, 0.1) is 5.41 Å². The maximum atomic E-state index is 12.2. The summed E-state index contributed by atoms with van der Waals surface area (Å²) in [4.78, 5) is 12.2. The fourth-order valence-corrected chi connectivity index (χ4v) is 1.91. The van der Waals surface area contributed by atoms with Gasteiger partial charge in [-0.25, -0.2) is 0 Å². The molecule has 0 aliphatic rings. The number of ether oxygens (including phenoxy) is 1. The van der Waals surface area contributed by atoms with Gasteiger partial charge in [-0.2, -0.15) is 0 Å². The van der Waals surface area contributed by atoms with E-state index in [2.05, 4.69) is 5.32 Å². The Hall–Kier alpha value is -1.55. The molecule has 2 atom stereocenters. The van der Waals surface area contributed by atoms with Crippen molar-refractivity contribution in [1.82, 2.24) is 5.32 Å². The van der Waals surface area contributed by atoms with Gasteiger partial charge < -0.3 is 15.8 Å². The largest absolute Gasteiger partial charge is 0.491 e. The first-order valence-electron chi connectivity index (χ1n) is 7.44. The molecule has 1 aromatic rings. The molecule has 4 heteroatoms. The number of nitrogens with two attached hydrogens (primary N) is 1. The second-order valence-electron chi connectivity index (χ2n) is 6.81. The van der Waals surface area contributed by atoms with Gasteiger partial charge in [-0.3, -0.25) is 4.79 Å². The highest BCUT2D eigenvalue weighted by Gasteiger charge is 2.28. The lowest BCUT2D eigenvalue weighted by molar-refractivity contribution is -0.125. The maximum Gasteiger partial charge on any atom is 0.237 e. The van der Waals surface area contributed by atoms with Crippen molar-refractivity contribution in [3.8, 4) is 5.75 Å². The predicted octanol–water partition coefficient (Wildman–Crippen LogP) is 3.02. The molecule has 0 saturated carbocycles. The fourth-order valence-electron chi connectivity index (χ4n) is 1.91. The van der Waals surface area contributed by atoms with Gasteiger partial charge in [-0.15, -0.1) is 0 Å². The van der Waals surface area contributed by atoms with Crippen molar-refractivity contribution >= 4 is 5.91 Å². The normalized spacial score (nSPS) is 14.7. The first-order valence-corrected chi connectivity index (χ1v) is 7.44. The van der Waals surface area contributed by atoms with Gasteiger partial charge in [0.25, 0.3) is 0 Å². The lowest BCUT2D eigenvalue weighted by atomic mass is 9.86. The van der Waals surface area contributed by atoms with Crippen LogP contribution in [0.3, 0.4) is 0 Å². The van der Waals surface area contributed by atoms with Crippen molar-refractivity contribution in [3.05, 3.63) is 29.8 Å². The molecular formula is C17H28N2O2. The summed E-state index contributed by atoms with van der Waals surface area (Å²) >= 11 is 0. The van der Waals surface area contributed by atoms with Crippen molar-refractivity contribution < 1.29 is 9.53 Å². The van der Waals surface area contributed by atoms with E-state index in [0.717, 1.165) is 11.3 Å². The van der Waals surface area contributed by atoms with Gasteiger partial charge in [0.1, 0.15) is 5.75 Å². The Morgan fingerprint density at radius 3 is 2.38 bits per heavy atom. The maximum absolute atomic E-state index is 12.2. The van der Waals surface area contributed by atoms with Gasteiger partial charge in [-0.05, 0) is 43.9 Å². The summed E-state index contributed by atoms with van der Waals surface area (Å²) in [5, 5.41) is 2.96. The average molecular weight is 292 g/mol. The van der Waals surface area contributed by atoms with E-state index in [9.17, 15) is 4.79 Å². The molecule has 1 rings (SSSR count). The van der Waals surface area contributed by atoms with E-state index < -0.39 is 6.04 Å². The Morgan fingerprint density at radius 1 is 1.24 bits per heavy atom. The van der Waals surface area contributed by atoms with Gasteiger partial charge in [0.2, 0.25) is 5.91 Å². The topological polar surface area (TPSA) is 64.3 Å². The van der Waals surface area contributed by atoms with Gasteiger partial charge in [0.15, 0.2) is 0 Å². The molecule has 21 heavy (non-hydrogen) atoms. The number of hydrogen-bond donors (Lipinski definition) is 2. The predicted molar refractivity (Wildman–Crippen MR) is 86.2 cm³/mol. The van der Waals surface area contributed by atoms with Crippen LogP contribution in [0.4, 0.5) is 0 Å². The van der Waals surface area contributed by atoms with Crippen LogP contribution in [0.5, 0.6) is 5.75 Å². The van der Waals surface area contributed by atoms with Crippen LogP contribution in [0.1, 0.15) is 53.1 Å². The molecule has 118 valence electrons. The van der Waals surface area contributed by atoms with Crippen LogP contribution in [-0.2, 0) is 4.79 Å². The van der Waals surface area contributed by atoms with E-state index in [0.29, 0.717) is 0 Å². The molecule has 0 aromatic heterocycles. The zero-order valence-electron chi connectivity index (χ0n) is 13.9. The van der Waals surface area contributed by atoms with E-state index in [1.54, 1.807) is 0 Å². The number of amides is 1. The number of benzene rings is 1. The second-order valence-corrected chi connectivity index (χ2v) is 6.81. The third-order valence-corrected chi connectivity index (χ3v) is 3.30. The van der Waals surface area contributed by atoms with E-state index in [-0.39, 0.29) is 23.5 Å². The lowest BCUT2D eigenvalue weighted by Crippen LogP contribution is -2.49. The SMILES string of the molecule is CC(C)Oc1cccc(C(C)NC(=O)C(N)C(C)(C)C)c1. The molecule has 1 amide bonds. The highest BCUT2D eigenvalue weighted by Crippen LogP contribution is 2.22. The van der Waals surface area contributed by atoms with Crippen molar-refractivity contribution in [2.24, 2.45) is 11.1 Å². The van der Waals surface area contributed by atoms with E-state index >= 15 is 0 Å². The highest BCUT2D eigenvalue weighted by molar-refractivity contribution is 5.82. The number of hydrogen-bond acceptors (Lipinski definition) is 3. The van der Waals surface area contributed by atoms with Crippen LogP contribution in [0.25, 0.3) is 0 Å². The van der Waals surface area contributed by atoms with Crippen molar-refractivity contribution in [2.75, 3.05) is 0 Å². The average Bonchev–Trinajstić information content (AvgIpc) is 2.36. The molecule has 0 heterocycles. The first-order chi connectivity index (χ1) is 9.61. The molecule has 4 nitrogen and oxygen atoms in total. The number of carbonyl (C=O) groups is 1. The number of nitrogens with one attached hydrogen (secondary N) is 1. The quantitative estimate of drug-likeness (QED) is 0.876. The summed E-state index contributed by atoms with van der Waals surface area (Å²) in [5.41, 5.74) is 6.72. The smallest absolute Gasteiger partial charge is 0.237 e. The minimum Gasteiger partial charge on any atom is -0.491 e. The monoisotopic (exact) mass is 292 g/mol. The van der Waals surface area contributed by atoms with E-state index in [4.69, 9.17) is 10.5 Å². The van der Waals surface area contributed by atoms with Gasteiger partial charge >= 0.3 is 0 Å². The molecule has 0 aliphatic heterocycles. The number of rotatable bonds is 5.